The van der Waals surface area contributed by atoms with Gasteiger partial charge in [0, 0.05) is 20.1 Å². The van der Waals surface area contributed by atoms with Crippen LogP contribution in [0.15, 0.2) is 24.3 Å². The van der Waals surface area contributed by atoms with Crippen molar-refractivity contribution in [3.63, 3.8) is 0 Å². The topological polar surface area (TPSA) is 67.1 Å². The highest BCUT2D eigenvalue weighted by Crippen LogP contribution is 2.28. The molecule has 0 radical (unpaired) electrons. The fourth-order valence-electron chi connectivity index (χ4n) is 2.60. The van der Waals surface area contributed by atoms with E-state index in [9.17, 15) is 0 Å². The summed E-state index contributed by atoms with van der Waals surface area (Å²) < 4.78 is 0. The summed E-state index contributed by atoms with van der Waals surface area (Å²) in [5, 5.41) is 3.15. The molecule has 3 N–H and O–H groups in total. The molecule has 0 saturated carbocycles. The molecular weight excluding hydrogens is 274 g/mol. The van der Waals surface area contributed by atoms with Gasteiger partial charge in [-0.05, 0) is 31.0 Å². The Bertz CT molecular complexity index is 589. The van der Waals surface area contributed by atoms with Crippen LogP contribution in [-0.4, -0.2) is 36.6 Å². The zero-order valence-corrected chi connectivity index (χ0v) is 12.4. The minimum atomic E-state index is 0. The van der Waals surface area contributed by atoms with E-state index in [1.807, 2.05) is 31.3 Å². The summed E-state index contributed by atoms with van der Waals surface area (Å²) in [6.07, 6.45) is 1.13. The molecule has 1 fully saturated rings. The smallest absolute Gasteiger partial charge is 0.172 e. The zero-order valence-electron chi connectivity index (χ0n) is 11.5. The Morgan fingerprint density at radius 1 is 1.30 bits per heavy atom. The normalized spacial score (nSPS) is 18.1. The van der Waals surface area contributed by atoms with Crippen molar-refractivity contribution >= 4 is 35.1 Å². The van der Waals surface area contributed by atoms with Crippen LogP contribution in [0.3, 0.4) is 0 Å². The van der Waals surface area contributed by atoms with Crippen LogP contribution in [0.5, 0.6) is 0 Å². The van der Waals surface area contributed by atoms with Gasteiger partial charge in [-0.2, -0.15) is 0 Å². The van der Waals surface area contributed by atoms with Crippen LogP contribution >= 0.6 is 12.4 Å². The predicted octanol–water partition coefficient (Wildman–Crippen LogP) is 1.88. The fourth-order valence-corrected chi connectivity index (χ4v) is 2.60. The Morgan fingerprint density at radius 3 is 2.60 bits per heavy atom. The van der Waals surface area contributed by atoms with Crippen molar-refractivity contribution in [3.8, 4) is 0 Å². The Balaban J connectivity index is 0.00000147. The second-order valence-corrected chi connectivity index (χ2v) is 4.97. The second kappa shape index (κ2) is 6.24. The molecule has 3 rings (SSSR count). The predicted molar refractivity (Wildman–Crippen MR) is 85.7 cm³/mol. The minimum Gasteiger partial charge on any atom is -0.370 e. The number of para-hydroxylation sites is 2. The van der Waals surface area contributed by atoms with Gasteiger partial charge >= 0.3 is 0 Å². The van der Waals surface area contributed by atoms with Gasteiger partial charge in [0.2, 0.25) is 0 Å². The molecule has 1 aliphatic rings. The second-order valence-electron chi connectivity index (χ2n) is 4.97. The number of benzene rings is 1. The van der Waals surface area contributed by atoms with Gasteiger partial charge in [0.05, 0.1) is 11.0 Å². The molecular formula is C14H20ClN5. The number of nitrogens with one attached hydrogen (secondary N) is 1. The monoisotopic (exact) mass is 293 g/mol. The molecule has 0 bridgehead atoms. The van der Waals surface area contributed by atoms with Gasteiger partial charge in [-0.1, -0.05) is 12.1 Å². The molecule has 0 amide bonds. The van der Waals surface area contributed by atoms with E-state index in [1.165, 1.54) is 0 Å². The maximum absolute atomic E-state index is 5.76. The van der Waals surface area contributed by atoms with Gasteiger partial charge in [-0.3, -0.25) is 0 Å². The van der Waals surface area contributed by atoms with Crippen LogP contribution in [0.2, 0.25) is 0 Å². The lowest BCUT2D eigenvalue weighted by molar-refractivity contribution is 0.602. The van der Waals surface area contributed by atoms with E-state index < -0.39 is 0 Å². The van der Waals surface area contributed by atoms with Crippen molar-refractivity contribution in [3.05, 3.63) is 24.3 Å². The molecule has 6 heteroatoms. The zero-order chi connectivity index (χ0) is 13.2. The first kappa shape index (κ1) is 14.8. The first-order chi connectivity index (χ1) is 9.31. The molecule has 0 spiro atoms. The summed E-state index contributed by atoms with van der Waals surface area (Å²) >= 11 is 0. The molecule has 2 heterocycles. The highest BCUT2D eigenvalue weighted by Gasteiger charge is 2.24. The lowest BCUT2D eigenvalue weighted by Gasteiger charge is -2.20. The van der Waals surface area contributed by atoms with Crippen molar-refractivity contribution in [2.75, 3.05) is 36.9 Å². The summed E-state index contributed by atoms with van der Waals surface area (Å²) in [6, 6.07) is 7.96. The van der Waals surface area contributed by atoms with Gasteiger partial charge in [-0.25, -0.2) is 9.97 Å². The molecule has 20 heavy (non-hydrogen) atoms. The Morgan fingerprint density at radius 2 is 2.00 bits per heavy atom. The lowest BCUT2D eigenvalue weighted by Crippen LogP contribution is -2.24. The van der Waals surface area contributed by atoms with Gasteiger partial charge in [-0.15, -0.1) is 12.4 Å². The van der Waals surface area contributed by atoms with Gasteiger partial charge in [0.25, 0.3) is 0 Å². The Kier molecular flexibility index (Phi) is 4.62. The molecule has 1 aromatic heterocycles. The number of aromatic nitrogens is 2. The first-order valence-electron chi connectivity index (χ1n) is 6.71. The molecule has 1 saturated heterocycles. The standard InChI is InChI=1S/C14H19N5.ClH/c1-16-13-14(19-7-6-10(8-15)9-19)18-12-5-3-2-4-11(12)17-13;/h2-5,10H,6-9,15H2,1H3,(H,16,17);1H. The highest BCUT2D eigenvalue weighted by atomic mass is 35.5. The third-order valence-corrected chi connectivity index (χ3v) is 3.71. The molecule has 1 aromatic carbocycles. The maximum atomic E-state index is 5.76. The summed E-state index contributed by atoms with van der Waals surface area (Å²) in [5.41, 5.74) is 7.62. The van der Waals surface area contributed by atoms with E-state index >= 15 is 0 Å². The van der Waals surface area contributed by atoms with Crippen LogP contribution in [0.4, 0.5) is 11.6 Å². The van der Waals surface area contributed by atoms with E-state index in [2.05, 4.69) is 15.2 Å². The van der Waals surface area contributed by atoms with Crippen LogP contribution in [-0.2, 0) is 0 Å². The molecule has 1 atom stereocenters. The summed E-state index contributed by atoms with van der Waals surface area (Å²) in [5.74, 6) is 2.35. The molecule has 1 unspecified atom stereocenters. The van der Waals surface area contributed by atoms with Gasteiger partial charge in [0.1, 0.15) is 0 Å². The maximum Gasteiger partial charge on any atom is 0.172 e. The van der Waals surface area contributed by atoms with Crippen molar-refractivity contribution in [1.29, 1.82) is 0 Å². The Labute approximate surface area is 125 Å². The van der Waals surface area contributed by atoms with Crippen LogP contribution in [0.25, 0.3) is 11.0 Å². The van der Waals surface area contributed by atoms with E-state index in [4.69, 9.17) is 10.7 Å². The molecule has 108 valence electrons. The summed E-state index contributed by atoms with van der Waals surface area (Å²) in [4.78, 5) is 11.7. The SMILES string of the molecule is CNc1nc2ccccc2nc1N1CCC(CN)C1.Cl. The van der Waals surface area contributed by atoms with Crippen molar-refractivity contribution in [1.82, 2.24) is 9.97 Å². The number of anilines is 2. The largest absolute Gasteiger partial charge is 0.370 e. The summed E-state index contributed by atoms with van der Waals surface area (Å²) in [7, 11) is 1.89. The number of nitrogens with two attached hydrogens (primary N) is 1. The minimum absolute atomic E-state index is 0. The molecule has 2 aromatic rings. The van der Waals surface area contributed by atoms with E-state index in [1.54, 1.807) is 0 Å². The van der Waals surface area contributed by atoms with Crippen molar-refractivity contribution in [2.24, 2.45) is 11.7 Å². The number of nitrogens with zero attached hydrogens (tertiary/aromatic N) is 3. The van der Waals surface area contributed by atoms with Crippen molar-refractivity contribution in [2.45, 2.75) is 6.42 Å². The summed E-state index contributed by atoms with van der Waals surface area (Å²) in [6.45, 7) is 2.72. The number of rotatable bonds is 3. The first-order valence-corrected chi connectivity index (χ1v) is 6.71. The molecule has 5 nitrogen and oxygen atoms in total. The Hall–Kier alpha value is -1.59. The molecule has 1 aliphatic heterocycles. The van der Waals surface area contributed by atoms with Gasteiger partial charge < -0.3 is 16.0 Å². The van der Waals surface area contributed by atoms with E-state index in [0.29, 0.717) is 5.92 Å². The number of hydrogen-bond donors (Lipinski definition) is 2. The molecule has 0 aliphatic carbocycles. The third kappa shape index (κ3) is 2.64. The van der Waals surface area contributed by atoms with Crippen LogP contribution in [0.1, 0.15) is 6.42 Å². The number of fused-ring (bicyclic) bond motifs is 1. The lowest BCUT2D eigenvalue weighted by atomic mass is 10.1. The third-order valence-electron chi connectivity index (χ3n) is 3.71. The number of hydrogen-bond acceptors (Lipinski definition) is 5. The average molecular weight is 294 g/mol. The van der Waals surface area contributed by atoms with Gasteiger partial charge in [0.15, 0.2) is 11.6 Å². The average Bonchev–Trinajstić information content (AvgIpc) is 2.94. The number of halogens is 1. The van der Waals surface area contributed by atoms with Crippen molar-refractivity contribution < 1.29 is 0 Å². The van der Waals surface area contributed by atoms with E-state index in [-0.39, 0.29) is 12.4 Å². The quantitative estimate of drug-likeness (QED) is 0.904. The fraction of sp³-hybridized carbons (Fsp3) is 0.429. The van der Waals surface area contributed by atoms with Crippen LogP contribution in [0, 0.1) is 5.92 Å². The van der Waals surface area contributed by atoms with Crippen LogP contribution < -0.4 is 16.0 Å². The highest BCUT2D eigenvalue weighted by molar-refractivity contribution is 5.85. The van der Waals surface area contributed by atoms with E-state index in [0.717, 1.165) is 48.7 Å².